The van der Waals surface area contributed by atoms with Gasteiger partial charge in [-0.3, -0.25) is 19.7 Å². The summed E-state index contributed by atoms with van der Waals surface area (Å²) in [6.45, 7) is 1.77. The number of nitro groups is 1. The summed E-state index contributed by atoms with van der Waals surface area (Å²) in [5.41, 5.74) is 0.246. The van der Waals surface area contributed by atoms with E-state index >= 15 is 0 Å². The van der Waals surface area contributed by atoms with Gasteiger partial charge in [0.1, 0.15) is 5.25 Å². The summed E-state index contributed by atoms with van der Waals surface area (Å²) in [4.78, 5) is 36.6. The number of carbonyl (C=O) groups is 2. The van der Waals surface area contributed by atoms with Crippen molar-refractivity contribution in [1.29, 1.82) is 0 Å². The maximum atomic E-state index is 13.4. The Morgan fingerprint density at radius 3 is 2.27 bits per heavy atom. The summed E-state index contributed by atoms with van der Waals surface area (Å²) in [7, 11) is -4.33. The number of carbonyl (C=O) groups excluding carboxylic acids is 2. The highest BCUT2D eigenvalue weighted by atomic mass is 35.5. The first-order valence-electron chi connectivity index (χ1n) is 9.58. The Hall–Kier alpha value is -3.07. The lowest BCUT2D eigenvalue weighted by atomic mass is 10.0. The van der Waals surface area contributed by atoms with Gasteiger partial charge in [0.25, 0.3) is 5.69 Å². The third-order valence-corrected chi connectivity index (χ3v) is 7.57. The summed E-state index contributed by atoms with van der Waals surface area (Å²) in [5, 5.41) is 9.60. The van der Waals surface area contributed by atoms with Crippen LogP contribution in [0.3, 0.4) is 0 Å². The first kappa shape index (κ1) is 24.6. The highest BCUT2D eigenvalue weighted by molar-refractivity contribution is 7.92. The minimum atomic E-state index is -4.33. The molecular formula is C23H17Cl2NO6S. The molecule has 0 N–H and O–H groups in total. The molecule has 7 nitrogen and oxygen atoms in total. The van der Waals surface area contributed by atoms with Gasteiger partial charge in [-0.2, -0.15) is 0 Å². The summed E-state index contributed by atoms with van der Waals surface area (Å²) >= 11 is 12.0. The zero-order chi connectivity index (χ0) is 24.3. The normalized spacial score (nSPS) is 12.2. The molecule has 3 aromatic carbocycles. The fourth-order valence-electron chi connectivity index (χ4n) is 3.19. The molecule has 0 amide bonds. The number of hydrogen-bond donors (Lipinski definition) is 0. The van der Waals surface area contributed by atoms with E-state index in [1.807, 2.05) is 0 Å². The van der Waals surface area contributed by atoms with E-state index in [9.17, 15) is 28.1 Å². The molecule has 0 unspecified atom stereocenters. The number of nitro benzene ring substituents is 1. The van der Waals surface area contributed by atoms with Crippen LogP contribution in [0.5, 0.6) is 0 Å². The Bertz CT molecular complexity index is 1350. The number of halogens is 2. The van der Waals surface area contributed by atoms with Crippen LogP contribution in [0.1, 0.15) is 32.7 Å². The van der Waals surface area contributed by atoms with Crippen LogP contribution in [0.4, 0.5) is 5.69 Å². The minimum Gasteiger partial charge on any atom is -0.294 e. The van der Waals surface area contributed by atoms with E-state index in [2.05, 4.69) is 0 Å². The number of Topliss-reactive ketones (excluding diaryl/α,β-unsaturated/α-hetero) is 2. The predicted octanol–water partition coefficient (Wildman–Crippen LogP) is 5.51. The first-order valence-corrected chi connectivity index (χ1v) is 11.9. The molecule has 170 valence electrons. The van der Waals surface area contributed by atoms with E-state index in [1.165, 1.54) is 48.5 Å². The molecule has 0 fully saturated rings. The highest BCUT2D eigenvalue weighted by Crippen LogP contribution is 2.28. The molecule has 0 saturated carbocycles. The molecule has 33 heavy (non-hydrogen) atoms. The average Bonchev–Trinajstić information content (AvgIpc) is 2.77. The quantitative estimate of drug-likeness (QED) is 0.226. The van der Waals surface area contributed by atoms with Crippen molar-refractivity contribution in [2.24, 2.45) is 0 Å². The number of hydrogen-bond acceptors (Lipinski definition) is 6. The van der Waals surface area contributed by atoms with Gasteiger partial charge in [0.05, 0.1) is 14.8 Å². The number of non-ortho nitro benzene ring substituents is 1. The molecule has 0 heterocycles. The van der Waals surface area contributed by atoms with Gasteiger partial charge in [-0.05, 0) is 37.3 Å². The van der Waals surface area contributed by atoms with Crippen LogP contribution < -0.4 is 0 Å². The van der Waals surface area contributed by atoms with Crippen LogP contribution in [0.25, 0.3) is 0 Å². The second kappa shape index (κ2) is 9.82. The molecule has 0 aliphatic rings. The van der Waals surface area contributed by atoms with Crippen molar-refractivity contribution in [1.82, 2.24) is 0 Å². The number of sulfone groups is 1. The zero-order valence-corrected chi connectivity index (χ0v) is 19.5. The Morgan fingerprint density at radius 2 is 1.67 bits per heavy atom. The third-order valence-electron chi connectivity index (χ3n) is 4.96. The van der Waals surface area contributed by atoms with Gasteiger partial charge in [-0.25, -0.2) is 8.42 Å². The van der Waals surface area contributed by atoms with Gasteiger partial charge in [0.2, 0.25) is 0 Å². The number of aryl methyl sites for hydroxylation is 1. The van der Waals surface area contributed by atoms with Crippen LogP contribution in [0, 0.1) is 17.0 Å². The van der Waals surface area contributed by atoms with E-state index in [-0.39, 0.29) is 31.8 Å². The van der Waals surface area contributed by atoms with E-state index < -0.39 is 38.0 Å². The molecule has 10 heteroatoms. The van der Waals surface area contributed by atoms with Gasteiger partial charge in [0, 0.05) is 34.7 Å². The summed E-state index contributed by atoms with van der Waals surface area (Å²) in [5.74, 6) is -1.62. The maximum Gasteiger partial charge on any atom is 0.270 e. The van der Waals surface area contributed by atoms with Crippen molar-refractivity contribution >= 4 is 50.3 Å². The topological polar surface area (TPSA) is 111 Å². The molecule has 0 aromatic heterocycles. The lowest BCUT2D eigenvalue weighted by Crippen LogP contribution is -2.33. The molecule has 3 rings (SSSR count). The molecule has 0 aliphatic carbocycles. The Labute approximate surface area is 200 Å². The molecule has 0 aliphatic heterocycles. The Kier molecular flexibility index (Phi) is 7.31. The standard InChI is InChI=1S/C23H17Cl2NO6S/c1-14-5-8-18(9-6-14)33(31,32)22(13-21(27)19-10-7-16(24)12-20(19)25)23(28)15-3-2-4-17(11-15)26(29)30/h2-12,22H,13H2,1H3/t22-/m1/s1. The van der Waals surface area contributed by atoms with Crippen molar-refractivity contribution in [3.63, 3.8) is 0 Å². The van der Waals surface area contributed by atoms with Gasteiger partial charge < -0.3 is 0 Å². The smallest absolute Gasteiger partial charge is 0.270 e. The second-order valence-corrected chi connectivity index (χ2v) is 10.2. The monoisotopic (exact) mass is 505 g/mol. The summed E-state index contributed by atoms with van der Waals surface area (Å²) in [6, 6.07) is 14.6. The molecule has 3 aromatic rings. The zero-order valence-electron chi connectivity index (χ0n) is 17.2. The lowest BCUT2D eigenvalue weighted by molar-refractivity contribution is -0.384. The number of ketones is 2. The highest BCUT2D eigenvalue weighted by Gasteiger charge is 2.37. The van der Waals surface area contributed by atoms with Crippen molar-refractivity contribution in [3.05, 3.63) is 104 Å². The van der Waals surface area contributed by atoms with Gasteiger partial charge in [-0.1, -0.05) is 53.0 Å². The fourth-order valence-corrected chi connectivity index (χ4v) is 5.33. The molecule has 0 saturated heterocycles. The molecule has 1 atom stereocenters. The minimum absolute atomic E-state index is 0.0111. The van der Waals surface area contributed by atoms with Crippen LogP contribution >= 0.6 is 23.2 Å². The van der Waals surface area contributed by atoms with Crippen LogP contribution in [-0.4, -0.2) is 30.2 Å². The Balaban J connectivity index is 2.08. The van der Waals surface area contributed by atoms with Crippen LogP contribution in [-0.2, 0) is 9.84 Å². The molecule has 0 spiro atoms. The van der Waals surface area contributed by atoms with E-state index in [0.717, 1.165) is 11.6 Å². The molecule has 0 bridgehead atoms. The van der Waals surface area contributed by atoms with Crippen molar-refractivity contribution < 1.29 is 22.9 Å². The third kappa shape index (κ3) is 5.47. The van der Waals surface area contributed by atoms with Crippen molar-refractivity contribution in [3.8, 4) is 0 Å². The van der Waals surface area contributed by atoms with Crippen LogP contribution in [0.2, 0.25) is 10.0 Å². The Morgan fingerprint density at radius 1 is 1.00 bits per heavy atom. The SMILES string of the molecule is Cc1ccc(S(=O)(=O)[C@H](CC(=O)c2ccc(Cl)cc2Cl)C(=O)c2cccc([N+](=O)[O-])c2)cc1. The lowest BCUT2D eigenvalue weighted by Gasteiger charge is -2.17. The summed E-state index contributed by atoms with van der Waals surface area (Å²) < 4.78 is 26.8. The first-order chi connectivity index (χ1) is 15.5. The van der Waals surface area contributed by atoms with E-state index in [4.69, 9.17) is 23.2 Å². The summed E-state index contributed by atoms with van der Waals surface area (Å²) in [6.07, 6.45) is -0.709. The second-order valence-electron chi connectivity index (χ2n) is 7.27. The van der Waals surface area contributed by atoms with E-state index in [0.29, 0.717) is 0 Å². The van der Waals surface area contributed by atoms with Crippen molar-refractivity contribution in [2.75, 3.05) is 0 Å². The largest absolute Gasteiger partial charge is 0.294 e. The number of nitrogens with zero attached hydrogens (tertiary/aromatic N) is 1. The van der Waals surface area contributed by atoms with Gasteiger partial charge in [-0.15, -0.1) is 0 Å². The van der Waals surface area contributed by atoms with Gasteiger partial charge in [0.15, 0.2) is 21.4 Å². The van der Waals surface area contributed by atoms with E-state index in [1.54, 1.807) is 19.1 Å². The predicted molar refractivity (Wildman–Crippen MR) is 125 cm³/mol. The maximum absolute atomic E-state index is 13.4. The average molecular weight is 506 g/mol. The van der Waals surface area contributed by atoms with Crippen molar-refractivity contribution in [2.45, 2.75) is 23.5 Å². The van der Waals surface area contributed by atoms with Crippen LogP contribution in [0.15, 0.2) is 71.6 Å². The number of rotatable bonds is 8. The molecule has 0 radical (unpaired) electrons. The van der Waals surface area contributed by atoms with Gasteiger partial charge >= 0.3 is 0 Å². The molecular weight excluding hydrogens is 489 g/mol. The fraction of sp³-hybridized carbons (Fsp3) is 0.130. The number of benzene rings is 3.